The van der Waals surface area contributed by atoms with Crippen molar-refractivity contribution in [1.82, 2.24) is 0 Å². The van der Waals surface area contributed by atoms with E-state index in [0.29, 0.717) is 12.4 Å². The summed E-state index contributed by atoms with van der Waals surface area (Å²) in [6.45, 7) is 9.34. The number of rotatable bonds is 7. The number of hydrogen-bond acceptors (Lipinski definition) is 1. The average molecular weight is 271 g/mol. The molecule has 0 saturated carbocycles. The number of benzene rings is 1. The Morgan fingerprint density at radius 3 is 2.22 bits per heavy atom. The third-order valence-electron chi connectivity index (χ3n) is 3.92. The molecule has 0 aliphatic rings. The normalized spacial score (nSPS) is 11.6. The van der Waals surface area contributed by atoms with Gasteiger partial charge in [0.15, 0.2) is 11.6 Å². The molecule has 1 aromatic rings. The van der Waals surface area contributed by atoms with Crippen LogP contribution in [0.1, 0.15) is 26.3 Å². The molecule has 0 radical (unpaired) electrons. The zero-order valence-electron chi connectivity index (χ0n) is 12.0. The molecule has 0 fully saturated rings. The van der Waals surface area contributed by atoms with E-state index in [4.69, 9.17) is 4.74 Å². The van der Waals surface area contributed by atoms with Crippen molar-refractivity contribution < 1.29 is 9.13 Å². The molecule has 0 atom stereocenters. The van der Waals surface area contributed by atoms with Crippen molar-refractivity contribution in [2.45, 2.75) is 27.7 Å². The Balaban J connectivity index is 2.55. The summed E-state index contributed by atoms with van der Waals surface area (Å²) in [7, 11) is -0.848. The molecule has 18 heavy (non-hydrogen) atoms. The van der Waals surface area contributed by atoms with Gasteiger partial charge >= 0.3 is 0 Å². The molecule has 0 heterocycles. The summed E-state index contributed by atoms with van der Waals surface area (Å²) in [5.41, 5.74) is 0.928. The van der Waals surface area contributed by atoms with Crippen LogP contribution in [0.25, 0.3) is 0 Å². The first kappa shape index (κ1) is 15.4. The monoisotopic (exact) mass is 271 g/mol. The highest BCUT2D eigenvalue weighted by Crippen LogP contribution is 2.57. The molecule has 1 rings (SSSR count). The molecule has 1 aromatic carbocycles. The van der Waals surface area contributed by atoms with Crippen LogP contribution in [-0.2, 0) is 0 Å². The minimum Gasteiger partial charge on any atom is -0.487 e. The van der Waals surface area contributed by atoms with E-state index in [1.165, 1.54) is 24.6 Å². The molecular formula is C15H25FOP+. The molecule has 0 unspecified atom stereocenters. The van der Waals surface area contributed by atoms with Gasteiger partial charge in [0.05, 0.1) is 24.6 Å². The van der Waals surface area contributed by atoms with Crippen molar-refractivity contribution in [3.63, 3.8) is 0 Å². The summed E-state index contributed by atoms with van der Waals surface area (Å²) in [6, 6.07) is 5.14. The maximum atomic E-state index is 13.6. The van der Waals surface area contributed by atoms with E-state index in [-0.39, 0.29) is 5.82 Å². The van der Waals surface area contributed by atoms with E-state index >= 15 is 0 Å². The Labute approximate surface area is 111 Å². The quantitative estimate of drug-likeness (QED) is 0.659. The molecule has 0 N–H and O–H groups in total. The van der Waals surface area contributed by atoms with Gasteiger partial charge in [0.1, 0.15) is 6.61 Å². The van der Waals surface area contributed by atoms with E-state index in [2.05, 4.69) is 20.8 Å². The van der Waals surface area contributed by atoms with Crippen molar-refractivity contribution in [3.8, 4) is 5.75 Å². The second-order valence-electron chi connectivity index (χ2n) is 4.80. The Bertz CT molecular complexity index is 366. The van der Waals surface area contributed by atoms with Gasteiger partial charge in [-0.3, -0.25) is 0 Å². The van der Waals surface area contributed by atoms with Crippen LogP contribution in [0, 0.1) is 12.7 Å². The molecule has 0 aliphatic carbocycles. The first-order valence-electron chi connectivity index (χ1n) is 6.81. The van der Waals surface area contributed by atoms with Crippen LogP contribution in [0.15, 0.2) is 18.2 Å². The average Bonchev–Trinajstić information content (AvgIpc) is 2.38. The fourth-order valence-electron chi connectivity index (χ4n) is 2.22. The largest absolute Gasteiger partial charge is 0.487 e. The lowest BCUT2D eigenvalue weighted by Crippen LogP contribution is -2.14. The summed E-state index contributed by atoms with van der Waals surface area (Å²) in [6.07, 6.45) is 4.89. The lowest BCUT2D eigenvalue weighted by molar-refractivity contribution is 0.323. The van der Waals surface area contributed by atoms with Gasteiger partial charge in [-0.15, -0.1) is 0 Å². The standard InChI is InChI=1S/C15H25FOP/c1-5-18(6-2,7-3)11-10-17-15-9-8-13(4)12-14(15)16/h8-9,12H,5-7,10-11H2,1-4H3/q+1. The second-order valence-corrected chi connectivity index (χ2v) is 9.82. The van der Waals surface area contributed by atoms with Gasteiger partial charge in [0.25, 0.3) is 0 Å². The minimum absolute atomic E-state index is 0.247. The van der Waals surface area contributed by atoms with Crippen molar-refractivity contribution in [3.05, 3.63) is 29.6 Å². The molecular weight excluding hydrogens is 246 g/mol. The van der Waals surface area contributed by atoms with Crippen LogP contribution < -0.4 is 4.74 Å². The lowest BCUT2D eigenvalue weighted by Gasteiger charge is -2.23. The van der Waals surface area contributed by atoms with Gasteiger partial charge in [-0.25, -0.2) is 4.39 Å². The summed E-state index contributed by atoms with van der Waals surface area (Å²) < 4.78 is 19.2. The number of aryl methyl sites for hydroxylation is 1. The van der Waals surface area contributed by atoms with Crippen molar-refractivity contribution in [2.75, 3.05) is 31.3 Å². The fourth-order valence-corrected chi connectivity index (χ4v) is 4.99. The Hall–Kier alpha value is -0.620. The van der Waals surface area contributed by atoms with Crippen molar-refractivity contribution in [2.24, 2.45) is 0 Å². The third kappa shape index (κ3) is 3.95. The molecule has 0 aromatic heterocycles. The minimum atomic E-state index is -0.848. The number of hydrogen-bond donors (Lipinski definition) is 0. The highest BCUT2D eigenvalue weighted by molar-refractivity contribution is 7.75. The predicted molar refractivity (Wildman–Crippen MR) is 80.0 cm³/mol. The van der Waals surface area contributed by atoms with Gasteiger partial charge < -0.3 is 4.74 Å². The molecule has 3 heteroatoms. The van der Waals surface area contributed by atoms with E-state index in [9.17, 15) is 4.39 Å². The zero-order valence-corrected chi connectivity index (χ0v) is 12.9. The van der Waals surface area contributed by atoms with E-state index in [1.54, 1.807) is 6.07 Å². The van der Waals surface area contributed by atoms with Crippen LogP contribution in [0.2, 0.25) is 0 Å². The molecule has 0 spiro atoms. The van der Waals surface area contributed by atoms with Gasteiger partial charge in [0, 0.05) is 7.26 Å². The van der Waals surface area contributed by atoms with Crippen molar-refractivity contribution >= 4 is 7.26 Å². The van der Waals surface area contributed by atoms with Crippen LogP contribution in [0.4, 0.5) is 4.39 Å². The predicted octanol–water partition coefficient (Wildman–Crippen LogP) is 4.59. The van der Waals surface area contributed by atoms with E-state index < -0.39 is 7.26 Å². The molecule has 0 bridgehead atoms. The van der Waals surface area contributed by atoms with Gasteiger partial charge in [0.2, 0.25) is 0 Å². The van der Waals surface area contributed by atoms with Crippen molar-refractivity contribution in [1.29, 1.82) is 0 Å². The van der Waals surface area contributed by atoms with Gasteiger partial charge in [-0.1, -0.05) is 6.07 Å². The summed E-state index contributed by atoms with van der Waals surface area (Å²) in [5.74, 6) is 0.144. The summed E-state index contributed by atoms with van der Waals surface area (Å²) in [4.78, 5) is 0. The molecule has 0 amide bonds. The maximum Gasteiger partial charge on any atom is 0.165 e. The number of halogens is 1. The maximum absolute atomic E-state index is 13.6. The smallest absolute Gasteiger partial charge is 0.165 e. The lowest BCUT2D eigenvalue weighted by atomic mass is 10.2. The summed E-state index contributed by atoms with van der Waals surface area (Å²) in [5, 5.41) is 0. The van der Waals surface area contributed by atoms with Crippen LogP contribution in [0.3, 0.4) is 0 Å². The Morgan fingerprint density at radius 2 is 1.72 bits per heavy atom. The van der Waals surface area contributed by atoms with Crippen LogP contribution >= 0.6 is 7.26 Å². The van der Waals surface area contributed by atoms with Gasteiger partial charge in [-0.2, -0.15) is 0 Å². The molecule has 0 saturated heterocycles. The Morgan fingerprint density at radius 1 is 1.11 bits per heavy atom. The molecule has 1 nitrogen and oxygen atoms in total. The van der Waals surface area contributed by atoms with Crippen LogP contribution in [0.5, 0.6) is 5.75 Å². The summed E-state index contributed by atoms with van der Waals surface area (Å²) >= 11 is 0. The topological polar surface area (TPSA) is 9.23 Å². The second kappa shape index (κ2) is 7.09. The van der Waals surface area contributed by atoms with E-state index in [1.807, 2.05) is 13.0 Å². The molecule has 0 aliphatic heterocycles. The van der Waals surface area contributed by atoms with E-state index in [0.717, 1.165) is 11.7 Å². The third-order valence-corrected chi connectivity index (χ3v) is 9.08. The van der Waals surface area contributed by atoms with Crippen LogP contribution in [-0.4, -0.2) is 31.3 Å². The first-order valence-corrected chi connectivity index (χ1v) is 9.34. The Kier molecular flexibility index (Phi) is 6.08. The highest BCUT2D eigenvalue weighted by atomic mass is 31.2. The zero-order chi connectivity index (χ0) is 13.6. The fraction of sp³-hybridized carbons (Fsp3) is 0.600. The number of ether oxygens (including phenoxy) is 1. The SMILES string of the molecule is CC[P+](CC)(CC)CCOc1ccc(C)cc1F. The van der Waals surface area contributed by atoms with Gasteiger partial charge in [-0.05, 0) is 45.4 Å². The molecule has 102 valence electrons. The first-order chi connectivity index (χ1) is 8.56. The highest BCUT2D eigenvalue weighted by Gasteiger charge is 2.30.